The van der Waals surface area contributed by atoms with Crippen LogP contribution >= 0.6 is 11.8 Å². The SMILES string of the molecule is Cn1c(=O)c2c(SCc3ccc(C(F)(F)F)cc3)nc(C3CCCC3)nc2n(C)c1=O. The van der Waals surface area contributed by atoms with Crippen molar-refractivity contribution in [1.82, 2.24) is 19.1 Å². The van der Waals surface area contributed by atoms with Crippen molar-refractivity contribution >= 4 is 22.8 Å². The minimum Gasteiger partial charge on any atom is -0.280 e. The molecular weight excluding hydrogens is 429 g/mol. The number of aromatic nitrogens is 4. The molecule has 0 atom stereocenters. The number of aryl methyl sites for hydroxylation is 1. The maximum atomic E-state index is 12.9. The smallest absolute Gasteiger partial charge is 0.280 e. The molecule has 0 aliphatic heterocycles. The molecule has 2 aromatic heterocycles. The van der Waals surface area contributed by atoms with E-state index >= 15 is 0 Å². The number of nitrogens with zero attached hydrogens (tertiary/aromatic N) is 4. The Morgan fingerprint density at radius 2 is 1.68 bits per heavy atom. The van der Waals surface area contributed by atoms with Crippen molar-refractivity contribution in [3.63, 3.8) is 0 Å². The number of thioether (sulfide) groups is 1. The van der Waals surface area contributed by atoms with E-state index in [0.29, 0.717) is 27.8 Å². The van der Waals surface area contributed by atoms with Gasteiger partial charge in [-0.1, -0.05) is 25.0 Å². The van der Waals surface area contributed by atoms with E-state index in [9.17, 15) is 22.8 Å². The van der Waals surface area contributed by atoms with E-state index in [-0.39, 0.29) is 11.3 Å². The standard InChI is InChI=1S/C21H21F3N4O2S/c1-27-17-15(19(29)28(2)20(27)30)18(26-16(25-17)13-5-3-4-6-13)31-11-12-7-9-14(10-8-12)21(22,23)24/h7-10,13H,3-6,11H2,1-2H3. The number of benzene rings is 1. The van der Waals surface area contributed by atoms with E-state index in [0.717, 1.165) is 42.4 Å². The van der Waals surface area contributed by atoms with E-state index in [2.05, 4.69) is 9.97 Å². The Kier molecular flexibility index (Phi) is 5.67. The molecule has 0 radical (unpaired) electrons. The summed E-state index contributed by atoms with van der Waals surface area (Å²) in [6.45, 7) is 0. The highest BCUT2D eigenvalue weighted by atomic mass is 32.2. The Morgan fingerprint density at radius 3 is 2.29 bits per heavy atom. The third-order valence-corrected chi connectivity index (χ3v) is 6.71. The zero-order chi connectivity index (χ0) is 22.3. The van der Waals surface area contributed by atoms with E-state index in [1.165, 1.54) is 35.5 Å². The molecule has 0 amide bonds. The van der Waals surface area contributed by atoms with Crippen LogP contribution in [0.1, 0.15) is 48.6 Å². The van der Waals surface area contributed by atoms with Crippen LogP contribution in [0.3, 0.4) is 0 Å². The molecule has 1 aliphatic rings. The maximum absolute atomic E-state index is 12.9. The summed E-state index contributed by atoms with van der Waals surface area (Å²) in [4.78, 5) is 34.5. The molecule has 1 saturated carbocycles. The van der Waals surface area contributed by atoms with Crippen molar-refractivity contribution in [2.24, 2.45) is 14.1 Å². The van der Waals surface area contributed by atoms with Crippen LogP contribution in [-0.4, -0.2) is 19.1 Å². The highest BCUT2D eigenvalue weighted by Gasteiger charge is 2.30. The lowest BCUT2D eigenvalue weighted by atomic mass is 10.1. The topological polar surface area (TPSA) is 69.8 Å². The lowest BCUT2D eigenvalue weighted by molar-refractivity contribution is -0.137. The van der Waals surface area contributed by atoms with Crippen LogP contribution in [0.5, 0.6) is 0 Å². The highest BCUT2D eigenvalue weighted by Crippen LogP contribution is 2.35. The number of halogens is 3. The third-order valence-electron chi connectivity index (χ3n) is 5.66. The van der Waals surface area contributed by atoms with Crippen LogP contribution in [0.25, 0.3) is 11.0 Å². The van der Waals surface area contributed by atoms with Gasteiger partial charge in [0, 0.05) is 25.8 Å². The first-order valence-corrected chi connectivity index (χ1v) is 10.9. The summed E-state index contributed by atoms with van der Waals surface area (Å²) < 4.78 is 40.8. The Labute approximate surface area is 180 Å². The molecule has 0 bridgehead atoms. The number of hydrogen-bond acceptors (Lipinski definition) is 5. The lowest BCUT2D eigenvalue weighted by Gasteiger charge is -2.14. The van der Waals surface area contributed by atoms with Gasteiger partial charge in [-0.3, -0.25) is 13.9 Å². The second-order valence-electron chi connectivity index (χ2n) is 7.76. The summed E-state index contributed by atoms with van der Waals surface area (Å²) in [5.41, 5.74) is -0.687. The largest absolute Gasteiger partial charge is 0.416 e. The average Bonchev–Trinajstić information content (AvgIpc) is 3.29. The molecule has 0 N–H and O–H groups in total. The monoisotopic (exact) mass is 450 g/mol. The molecule has 0 saturated heterocycles. The van der Waals surface area contributed by atoms with Crippen LogP contribution in [0.4, 0.5) is 13.2 Å². The molecule has 4 rings (SSSR count). The molecule has 0 unspecified atom stereocenters. The minimum absolute atomic E-state index is 0.175. The normalized spacial score (nSPS) is 15.1. The first kappa shape index (κ1) is 21.6. The van der Waals surface area contributed by atoms with Crippen molar-refractivity contribution in [3.05, 3.63) is 62.1 Å². The van der Waals surface area contributed by atoms with Gasteiger partial charge in [0.15, 0.2) is 5.65 Å². The number of fused-ring (bicyclic) bond motifs is 1. The molecule has 1 aliphatic carbocycles. The Balaban J connectivity index is 1.76. The fraction of sp³-hybridized carbons (Fsp3) is 0.429. The minimum atomic E-state index is -4.39. The number of hydrogen-bond donors (Lipinski definition) is 0. The molecule has 31 heavy (non-hydrogen) atoms. The molecule has 2 heterocycles. The Bertz CT molecular complexity index is 1240. The summed E-state index contributed by atoms with van der Waals surface area (Å²) in [6.07, 6.45) is -0.326. The Hall–Kier alpha value is -2.62. The molecule has 10 heteroatoms. The number of rotatable bonds is 4. The van der Waals surface area contributed by atoms with E-state index in [1.807, 2.05) is 0 Å². The maximum Gasteiger partial charge on any atom is 0.416 e. The van der Waals surface area contributed by atoms with Gasteiger partial charge >= 0.3 is 11.9 Å². The van der Waals surface area contributed by atoms with Crippen molar-refractivity contribution < 1.29 is 13.2 Å². The van der Waals surface area contributed by atoms with Crippen LogP contribution in [0.15, 0.2) is 38.9 Å². The summed E-state index contributed by atoms with van der Waals surface area (Å²) >= 11 is 1.27. The Morgan fingerprint density at radius 1 is 1.03 bits per heavy atom. The number of alkyl halides is 3. The van der Waals surface area contributed by atoms with Gasteiger partial charge in [-0.15, -0.1) is 11.8 Å². The van der Waals surface area contributed by atoms with Crippen molar-refractivity contribution in [2.75, 3.05) is 0 Å². The van der Waals surface area contributed by atoms with Gasteiger partial charge in [-0.05, 0) is 30.5 Å². The summed E-state index contributed by atoms with van der Waals surface area (Å²) in [6, 6.07) is 4.93. The predicted octanol–water partition coefficient (Wildman–Crippen LogP) is 4.00. The van der Waals surface area contributed by atoms with Gasteiger partial charge in [0.2, 0.25) is 0 Å². The average molecular weight is 450 g/mol. The molecule has 6 nitrogen and oxygen atoms in total. The van der Waals surface area contributed by atoms with E-state index in [1.54, 1.807) is 7.05 Å². The predicted molar refractivity (Wildman–Crippen MR) is 112 cm³/mol. The summed E-state index contributed by atoms with van der Waals surface area (Å²) in [5.74, 6) is 1.12. The summed E-state index contributed by atoms with van der Waals surface area (Å²) in [7, 11) is 2.97. The van der Waals surface area contributed by atoms with E-state index < -0.39 is 23.0 Å². The van der Waals surface area contributed by atoms with Crippen molar-refractivity contribution in [1.29, 1.82) is 0 Å². The fourth-order valence-electron chi connectivity index (χ4n) is 3.86. The fourth-order valence-corrected chi connectivity index (χ4v) is 4.83. The van der Waals surface area contributed by atoms with Crippen LogP contribution in [0.2, 0.25) is 0 Å². The van der Waals surface area contributed by atoms with Crippen LogP contribution < -0.4 is 11.2 Å². The highest BCUT2D eigenvalue weighted by molar-refractivity contribution is 7.98. The second kappa shape index (κ2) is 8.14. The third kappa shape index (κ3) is 4.13. The van der Waals surface area contributed by atoms with E-state index in [4.69, 9.17) is 0 Å². The van der Waals surface area contributed by atoms with Crippen LogP contribution in [0, 0.1) is 0 Å². The van der Waals surface area contributed by atoms with Crippen molar-refractivity contribution in [3.8, 4) is 0 Å². The zero-order valence-electron chi connectivity index (χ0n) is 17.1. The quantitative estimate of drug-likeness (QED) is 0.444. The van der Waals surface area contributed by atoms with Gasteiger partial charge in [0.25, 0.3) is 5.56 Å². The first-order valence-electron chi connectivity index (χ1n) is 9.93. The van der Waals surface area contributed by atoms with Crippen molar-refractivity contribution in [2.45, 2.75) is 48.6 Å². The molecule has 164 valence electrons. The second-order valence-corrected chi connectivity index (χ2v) is 8.72. The molecule has 0 spiro atoms. The van der Waals surface area contributed by atoms with Gasteiger partial charge in [-0.25, -0.2) is 14.8 Å². The summed E-state index contributed by atoms with van der Waals surface area (Å²) in [5, 5.41) is 0.700. The van der Waals surface area contributed by atoms with Gasteiger partial charge in [0.1, 0.15) is 16.2 Å². The zero-order valence-corrected chi connectivity index (χ0v) is 17.9. The van der Waals surface area contributed by atoms with Crippen LogP contribution in [-0.2, 0) is 26.0 Å². The first-order chi connectivity index (χ1) is 14.7. The lowest BCUT2D eigenvalue weighted by Crippen LogP contribution is -2.38. The molecular formula is C21H21F3N4O2S. The van der Waals surface area contributed by atoms with Gasteiger partial charge in [0.05, 0.1) is 5.56 Å². The molecule has 1 aromatic carbocycles. The molecule has 3 aromatic rings. The molecule has 1 fully saturated rings. The van der Waals surface area contributed by atoms with Gasteiger partial charge in [-0.2, -0.15) is 13.2 Å². The van der Waals surface area contributed by atoms with Gasteiger partial charge < -0.3 is 0 Å².